The number of nitrogens with one attached hydrogen (secondary N) is 1. The Hall–Kier alpha value is -2.54. The molecule has 0 saturated carbocycles. The average Bonchev–Trinajstić information content (AvgIpc) is 3.23. The van der Waals surface area contributed by atoms with Crippen LogP contribution in [0.5, 0.6) is 0 Å². The monoisotopic (exact) mass is 435 g/mol. The number of thiazole rings is 1. The molecule has 1 saturated heterocycles. The molecule has 1 aliphatic heterocycles. The number of ether oxygens (including phenoxy) is 1. The first kappa shape index (κ1) is 21.7. The zero-order chi connectivity index (χ0) is 21.5. The van der Waals surface area contributed by atoms with E-state index in [2.05, 4.69) is 58.5 Å². The van der Waals surface area contributed by atoms with Gasteiger partial charge in [-0.15, -0.1) is 11.3 Å². The summed E-state index contributed by atoms with van der Waals surface area (Å²) in [6, 6.07) is 19.0. The van der Waals surface area contributed by atoms with Gasteiger partial charge in [0.15, 0.2) is 0 Å². The number of nitrogens with zero attached hydrogens (tertiary/aromatic N) is 2. The van der Waals surface area contributed by atoms with Crippen molar-refractivity contribution in [3.8, 4) is 0 Å². The van der Waals surface area contributed by atoms with Crippen LogP contribution in [0.25, 0.3) is 0 Å². The fraction of sp³-hybridized carbons (Fsp3) is 0.360. The smallest absolute Gasteiger partial charge is 0.226 e. The fourth-order valence-corrected chi connectivity index (χ4v) is 4.68. The molecule has 0 spiro atoms. The summed E-state index contributed by atoms with van der Waals surface area (Å²) in [6.45, 7) is 5.91. The first-order valence-corrected chi connectivity index (χ1v) is 11.7. The van der Waals surface area contributed by atoms with E-state index in [9.17, 15) is 4.79 Å². The van der Waals surface area contributed by atoms with Crippen molar-refractivity contribution in [2.45, 2.75) is 25.8 Å². The zero-order valence-electron chi connectivity index (χ0n) is 17.9. The number of hydrogen-bond acceptors (Lipinski definition) is 5. The number of morpholine rings is 1. The maximum atomic E-state index is 12.7. The Kier molecular flexibility index (Phi) is 7.46. The number of carbonyl (C=O) groups is 1. The Labute approximate surface area is 188 Å². The van der Waals surface area contributed by atoms with Crippen LogP contribution in [0.2, 0.25) is 0 Å². The first-order chi connectivity index (χ1) is 15.2. The van der Waals surface area contributed by atoms with Crippen molar-refractivity contribution in [2.24, 2.45) is 0 Å². The molecular formula is C25H29N3O2S. The van der Waals surface area contributed by atoms with Gasteiger partial charge >= 0.3 is 0 Å². The van der Waals surface area contributed by atoms with Crippen LogP contribution in [0.1, 0.15) is 33.4 Å². The number of rotatable bonds is 8. The highest BCUT2D eigenvalue weighted by Gasteiger charge is 2.23. The summed E-state index contributed by atoms with van der Waals surface area (Å²) in [6.07, 6.45) is 1.12. The average molecular weight is 436 g/mol. The highest BCUT2D eigenvalue weighted by molar-refractivity contribution is 7.09. The molecule has 5 nitrogen and oxygen atoms in total. The Morgan fingerprint density at radius 3 is 2.61 bits per heavy atom. The minimum atomic E-state index is 0.0157. The molecule has 1 unspecified atom stereocenters. The van der Waals surface area contributed by atoms with Crippen molar-refractivity contribution in [1.82, 2.24) is 15.2 Å². The van der Waals surface area contributed by atoms with Crippen molar-refractivity contribution in [3.05, 3.63) is 87.4 Å². The summed E-state index contributed by atoms with van der Waals surface area (Å²) in [7, 11) is 0. The van der Waals surface area contributed by atoms with E-state index < -0.39 is 0 Å². The van der Waals surface area contributed by atoms with E-state index in [1.54, 1.807) is 11.3 Å². The number of carbonyl (C=O) groups excluding carboxylic acids is 1. The molecule has 1 fully saturated rings. The molecule has 0 radical (unpaired) electrons. The molecule has 2 aromatic carbocycles. The van der Waals surface area contributed by atoms with Gasteiger partial charge in [-0.1, -0.05) is 60.2 Å². The van der Waals surface area contributed by atoms with Crippen molar-refractivity contribution in [2.75, 3.05) is 32.8 Å². The van der Waals surface area contributed by atoms with Gasteiger partial charge in [-0.2, -0.15) is 0 Å². The molecule has 4 rings (SSSR count). The van der Waals surface area contributed by atoms with E-state index in [0.29, 0.717) is 13.0 Å². The van der Waals surface area contributed by atoms with Crippen LogP contribution in [-0.2, 0) is 22.4 Å². The second-order valence-corrected chi connectivity index (χ2v) is 8.89. The van der Waals surface area contributed by atoms with Gasteiger partial charge in [-0.3, -0.25) is 9.69 Å². The fourth-order valence-electron chi connectivity index (χ4n) is 3.85. The number of benzene rings is 2. The van der Waals surface area contributed by atoms with E-state index in [1.165, 1.54) is 16.7 Å². The number of hydrogen-bond donors (Lipinski definition) is 1. The Morgan fingerprint density at radius 2 is 1.87 bits per heavy atom. The van der Waals surface area contributed by atoms with E-state index in [-0.39, 0.29) is 11.9 Å². The maximum Gasteiger partial charge on any atom is 0.226 e. The standard InChI is InChI=1S/C25H29N3O2S/c1-19-7-9-21(10-8-19)23(28-11-13-30-14-12-28)17-26-24(29)16-22-18-31-25(27-22)15-20-5-3-2-4-6-20/h2-10,18,23H,11-17H2,1H3,(H,26,29). The van der Waals surface area contributed by atoms with Gasteiger partial charge in [0.1, 0.15) is 0 Å². The SMILES string of the molecule is Cc1ccc(C(CNC(=O)Cc2csc(Cc3ccccc3)n2)N2CCOCC2)cc1. The summed E-state index contributed by atoms with van der Waals surface area (Å²) in [5.74, 6) is 0.0157. The first-order valence-electron chi connectivity index (χ1n) is 10.8. The molecule has 1 aliphatic rings. The second-order valence-electron chi connectivity index (χ2n) is 7.95. The van der Waals surface area contributed by atoms with Gasteiger partial charge in [0, 0.05) is 31.4 Å². The summed E-state index contributed by atoms with van der Waals surface area (Å²) < 4.78 is 5.52. The Balaban J connectivity index is 1.35. The molecule has 31 heavy (non-hydrogen) atoms. The van der Waals surface area contributed by atoms with Crippen LogP contribution in [0.3, 0.4) is 0 Å². The van der Waals surface area contributed by atoms with Gasteiger partial charge in [0.2, 0.25) is 5.91 Å². The van der Waals surface area contributed by atoms with E-state index in [4.69, 9.17) is 4.74 Å². The van der Waals surface area contributed by atoms with Crippen LogP contribution in [0, 0.1) is 6.92 Å². The number of amides is 1. The van der Waals surface area contributed by atoms with E-state index in [1.807, 2.05) is 23.6 Å². The third-order valence-electron chi connectivity index (χ3n) is 5.58. The molecular weight excluding hydrogens is 406 g/mol. The quantitative estimate of drug-likeness (QED) is 0.585. The van der Waals surface area contributed by atoms with Crippen LogP contribution >= 0.6 is 11.3 Å². The van der Waals surface area contributed by atoms with Crippen LogP contribution in [-0.4, -0.2) is 48.6 Å². The topological polar surface area (TPSA) is 54.5 Å². The van der Waals surface area contributed by atoms with Crippen molar-refractivity contribution in [1.29, 1.82) is 0 Å². The molecule has 1 atom stereocenters. The summed E-state index contributed by atoms with van der Waals surface area (Å²) in [5, 5.41) is 6.18. The zero-order valence-corrected chi connectivity index (χ0v) is 18.7. The maximum absolute atomic E-state index is 12.7. The van der Waals surface area contributed by atoms with Crippen LogP contribution in [0.4, 0.5) is 0 Å². The molecule has 6 heteroatoms. The van der Waals surface area contributed by atoms with Gasteiger partial charge in [-0.05, 0) is 18.1 Å². The highest BCUT2D eigenvalue weighted by atomic mass is 32.1. The van der Waals surface area contributed by atoms with E-state index in [0.717, 1.165) is 43.4 Å². The lowest BCUT2D eigenvalue weighted by molar-refractivity contribution is -0.120. The lowest BCUT2D eigenvalue weighted by Crippen LogP contribution is -2.44. The number of aryl methyl sites for hydroxylation is 1. The van der Waals surface area contributed by atoms with Crippen LogP contribution < -0.4 is 5.32 Å². The largest absolute Gasteiger partial charge is 0.379 e. The Morgan fingerprint density at radius 1 is 1.13 bits per heavy atom. The molecule has 0 aliphatic carbocycles. The lowest BCUT2D eigenvalue weighted by atomic mass is 10.0. The molecule has 3 aromatic rings. The van der Waals surface area contributed by atoms with Crippen LogP contribution in [0.15, 0.2) is 60.0 Å². The summed E-state index contributed by atoms with van der Waals surface area (Å²) in [4.78, 5) is 19.7. The predicted molar refractivity (Wildman–Crippen MR) is 124 cm³/mol. The van der Waals surface area contributed by atoms with E-state index >= 15 is 0 Å². The molecule has 0 bridgehead atoms. The molecule has 1 aromatic heterocycles. The lowest BCUT2D eigenvalue weighted by Gasteiger charge is -2.35. The van der Waals surface area contributed by atoms with Gasteiger partial charge in [0.05, 0.1) is 36.4 Å². The molecule has 1 N–H and O–H groups in total. The molecule has 162 valence electrons. The van der Waals surface area contributed by atoms with Crippen molar-refractivity contribution < 1.29 is 9.53 Å². The van der Waals surface area contributed by atoms with Gasteiger partial charge in [-0.25, -0.2) is 4.98 Å². The predicted octanol–water partition coefficient (Wildman–Crippen LogP) is 3.77. The van der Waals surface area contributed by atoms with Crippen molar-refractivity contribution >= 4 is 17.2 Å². The van der Waals surface area contributed by atoms with Gasteiger partial charge in [0.25, 0.3) is 0 Å². The second kappa shape index (κ2) is 10.7. The Bertz CT molecular complexity index is 966. The minimum Gasteiger partial charge on any atom is -0.379 e. The third kappa shape index (κ3) is 6.23. The number of aromatic nitrogens is 1. The third-order valence-corrected chi connectivity index (χ3v) is 6.48. The summed E-state index contributed by atoms with van der Waals surface area (Å²) >= 11 is 1.62. The highest BCUT2D eigenvalue weighted by Crippen LogP contribution is 2.22. The molecule has 2 heterocycles. The van der Waals surface area contributed by atoms with Gasteiger partial charge < -0.3 is 10.1 Å². The summed E-state index contributed by atoms with van der Waals surface area (Å²) in [5.41, 5.74) is 4.54. The molecule has 1 amide bonds. The van der Waals surface area contributed by atoms with Crippen molar-refractivity contribution in [3.63, 3.8) is 0 Å². The minimum absolute atomic E-state index is 0.0157. The normalized spacial score (nSPS) is 15.5.